The monoisotopic (exact) mass is 623 g/mol. The van der Waals surface area contributed by atoms with Gasteiger partial charge in [-0.15, -0.1) is 0 Å². The predicted molar refractivity (Wildman–Crippen MR) is 150 cm³/mol. The SMILES string of the molecule is COc1cc(O)c(C2C3=CCC4C(=O)N(c5ccc(Cl)cc5)C(=O)C4C3CC3=C2C(=O)C=C(Br)C3=O)c(OC)c1. The molecule has 6 rings (SSSR count). The maximum absolute atomic E-state index is 13.9. The first-order chi connectivity index (χ1) is 19.2. The molecule has 1 fully saturated rings. The van der Waals surface area contributed by atoms with Crippen molar-refractivity contribution < 1.29 is 33.8 Å². The van der Waals surface area contributed by atoms with Gasteiger partial charge in [0.25, 0.3) is 0 Å². The summed E-state index contributed by atoms with van der Waals surface area (Å²) in [6.45, 7) is 0. The number of ketones is 2. The topological polar surface area (TPSA) is 110 Å². The van der Waals surface area contributed by atoms with Gasteiger partial charge in [0.15, 0.2) is 11.6 Å². The molecule has 1 N–H and O–H groups in total. The van der Waals surface area contributed by atoms with E-state index in [-0.39, 0.29) is 63.4 Å². The van der Waals surface area contributed by atoms with Crippen molar-refractivity contribution in [2.24, 2.45) is 17.8 Å². The number of rotatable bonds is 4. The first kappa shape index (κ1) is 26.5. The Kier molecular flexibility index (Phi) is 6.46. The van der Waals surface area contributed by atoms with E-state index in [9.17, 15) is 24.3 Å². The van der Waals surface area contributed by atoms with Crippen molar-refractivity contribution in [3.05, 3.63) is 80.3 Å². The van der Waals surface area contributed by atoms with Gasteiger partial charge in [0.1, 0.15) is 17.2 Å². The van der Waals surface area contributed by atoms with Crippen LogP contribution in [0.1, 0.15) is 24.3 Å². The summed E-state index contributed by atoms with van der Waals surface area (Å²) in [6.07, 6.45) is 3.50. The van der Waals surface area contributed by atoms with Crippen molar-refractivity contribution in [1.82, 2.24) is 0 Å². The van der Waals surface area contributed by atoms with Crippen molar-refractivity contribution in [3.8, 4) is 17.2 Å². The number of fused-ring (bicyclic) bond motifs is 3. The summed E-state index contributed by atoms with van der Waals surface area (Å²) in [5.74, 6) is -3.79. The van der Waals surface area contributed by atoms with Crippen LogP contribution in [-0.4, -0.2) is 42.7 Å². The fourth-order valence-corrected chi connectivity index (χ4v) is 7.12. The van der Waals surface area contributed by atoms with E-state index < -0.39 is 23.7 Å². The second-order valence-corrected chi connectivity index (χ2v) is 11.4. The Hall–Kier alpha value is -3.69. The van der Waals surface area contributed by atoms with Gasteiger partial charge in [0.05, 0.1) is 36.2 Å². The van der Waals surface area contributed by atoms with E-state index in [0.717, 1.165) is 0 Å². The van der Waals surface area contributed by atoms with Gasteiger partial charge in [0, 0.05) is 45.9 Å². The molecular weight excluding hydrogens is 602 g/mol. The van der Waals surface area contributed by atoms with Crippen LogP contribution in [0.5, 0.6) is 17.2 Å². The Bertz CT molecular complexity index is 1610. The van der Waals surface area contributed by atoms with Crippen LogP contribution in [0.15, 0.2) is 69.8 Å². The number of amides is 2. The van der Waals surface area contributed by atoms with Crippen molar-refractivity contribution >= 4 is 56.6 Å². The van der Waals surface area contributed by atoms with Crippen LogP contribution in [0.4, 0.5) is 5.69 Å². The lowest BCUT2D eigenvalue weighted by Crippen LogP contribution is -2.39. The highest BCUT2D eigenvalue weighted by Crippen LogP contribution is 2.58. The summed E-state index contributed by atoms with van der Waals surface area (Å²) >= 11 is 9.25. The summed E-state index contributed by atoms with van der Waals surface area (Å²) < 4.78 is 11.0. The average Bonchev–Trinajstić information content (AvgIpc) is 3.20. The largest absolute Gasteiger partial charge is 0.507 e. The third kappa shape index (κ3) is 3.86. The molecule has 10 heteroatoms. The summed E-state index contributed by atoms with van der Waals surface area (Å²) in [7, 11) is 2.89. The molecule has 1 aliphatic heterocycles. The molecular formula is C30H23BrClNO7. The Morgan fingerprint density at radius 3 is 2.40 bits per heavy atom. The van der Waals surface area contributed by atoms with Crippen molar-refractivity contribution in [2.45, 2.75) is 18.8 Å². The molecule has 2 amide bonds. The summed E-state index contributed by atoms with van der Waals surface area (Å²) in [6, 6.07) is 9.50. The number of benzene rings is 2. The molecule has 2 aromatic carbocycles. The number of allylic oxidation sites excluding steroid dienone is 6. The zero-order valence-corrected chi connectivity index (χ0v) is 23.8. The first-order valence-corrected chi connectivity index (χ1v) is 13.8. The van der Waals surface area contributed by atoms with Gasteiger partial charge in [0.2, 0.25) is 11.8 Å². The minimum absolute atomic E-state index is 0.110. The number of anilines is 1. The lowest BCUT2D eigenvalue weighted by atomic mass is 9.59. The molecule has 4 atom stereocenters. The van der Waals surface area contributed by atoms with Gasteiger partial charge < -0.3 is 14.6 Å². The quantitative estimate of drug-likeness (QED) is 0.289. The Morgan fingerprint density at radius 2 is 1.73 bits per heavy atom. The highest BCUT2D eigenvalue weighted by atomic mass is 79.9. The minimum atomic E-state index is -0.864. The standard InChI is InChI=1S/C30H23BrClNO7/c1-39-15-9-21(34)27(23(10-15)40-2)26-16-7-8-17-24(18(16)11-19-25(26)22(35)12-20(31)28(19)36)30(38)33(29(17)37)14-5-3-13(32)4-6-14/h3-7,9-10,12,17-18,24,26,34H,8,11H2,1-2H3. The number of Topliss-reactive ketones (excluding diaryl/α,β-unsaturated/α-hetero) is 1. The van der Waals surface area contributed by atoms with Gasteiger partial charge in [-0.25, -0.2) is 0 Å². The molecule has 204 valence electrons. The Morgan fingerprint density at radius 1 is 1.00 bits per heavy atom. The second-order valence-electron chi connectivity index (χ2n) is 10.1. The number of hydrogen-bond acceptors (Lipinski definition) is 7. The van der Waals surface area contributed by atoms with E-state index >= 15 is 0 Å². The van der Waals surface area contributed by atoms with Gasteiger partial charge in [-0.1, -0.05) is 23.3 Å². The number of carbonyl (C=O) groups is 4. The molecule has 1 saturated heterocycles. The van der Waals surface area contributed by atoms with E-state index in [1.165, 1.54) is 31.3 Å². The van der Waals surface area contributed by atoms with E-state index in [0.29, 0.717) is 27.6 Å². The number of methoxy groups -OCH3 is 2. The molecule has 0 radical (unpaired) electrons. The molecule has 0 saturated carbocycles. The smallest absolute Gasteiger partial charge is 0.238 e. The highest BCUT2D eigenvalue weighted by molar-refractivity contribution is 9.12. The second kappa shape index (κ2) is 9.74. The number of nitrogens with zero attached hydrogens (tertiary/aromatic N) is 1. The molecule has 0 aromatic heterocycles. The third-order valence-corrected chi connectivity index (χ3v) is 9.10. The number of ether oxygens (including phenoxy) is 2. The normalized spacial score (nSPS) is 25.8. The highest BCUT2D eigenvalue weighted by Gasteiger charge is 2.57. The molecule has 0 spiro atoms. The van der Waals surface area contributed by atoms with Crippen molar-refractivity contribution in [2.75, 3.05) is 19.1 Å². The first-order valence-electron chi connectivity index (χ1n) is 12.6. The van der Waals surface area contributed by atoms with Crippen molar-refractivity contribution in [3.63, 3.8) is 0 Å². The fourth-order valence-electron chi connectivity index (χ4n) is 6.55. The van der Waals surface area contributed by atoms with E-state index in [2.05, 4.69) is 15.9 Å². The number of imide groups is 1. The summed E-state index contributed by atoms with van der Waals surface area (Å²) in [5.41, 5.74) is 1.91. The molecule has 40 heavy (non-hydrogen) atoms. The van der Waals surface area contributed by atoms with Crippen LogP contribution in [0.3, 0.4) is 0 Å². The van der Waals surface area contributed by atoms with E-state index in [1.54, 1.807) is 30.3 Å². The molecule has 8 nitrogen and oxygen atoms in total. The molecule has 4 unspecified atom stereocenters. The van der Waals surface area contributed by atoms with E-state index in [4.69, 9.17) is 21.1 Å². The number of halogens is 2. The maximum atomic E-state index is 13.9. The van der Waals surface area contributed by atoms with Gasteiger partial charge in [-0.3, -0.25) is 24.1 Å². The number of hydrogen-bond donors (Lipinski definition) is 1. The Balaban J connectivity index is 1.53. The van der Waals surface area contributed by atoms with Crippen LogP contribution in [-0.2, 0) is 19.2 Å². The molecule has 3 aliphatic carbocycles. The molecule has 4 aliphatic rings. The van der Waals surface area contributed by atoms with Crippen LogP contribution in [0, 0.1) is 17.8 Å². The molecule has 0 bridgehead atoms. The number of aromatic hydroxyl groups is 1. The summed E-state index contributed by atoms with van der Waals surface area (Å²) in [4.78, 5) is 55.6. The molecule has 2 aromatic rings. The maximum Gasteiger partial charge on any atom is 0.238 e. The zero-order chi connectivity index (χ0) is 28.5. The van der Waals surface area contributed by atoms with Gasteiger partial charge in [-0.05, 0) is 59.0 Å². The predicted octanol–water partition coefficient (Wildman–Crippen LogP) is 5.03. The fraction of sp³-hybridized carbons (Fsp3) is 0.267. The van der Waals surface area contributed by atoms with Crippen LogP contribution < -0.4 is 14.4 Å². The minimum Gasteiger partial charge on any atom is -0.507 e. The van der Waals surface area contributed by atoms with Crippen molar-refractivity contribution in [1.29, 1.82) is 0 Å². The number of carbonyl (C=O) groups excluding carboxylic acids is 4. The third-order valence-electron chi connectivity index (χ3n) is 8.25. The number of phenols is 1. The summed E-state index contributed by atoms with van der Waals surface area (Å²) in [5, 5.41) is 11.7. The van der Waals surface area contributed by atoms with E-state index in [1.807, 2.05) is 6.08 Å². The average molecular weight is 625 g/mol. The van der Waals surface area contributed by atoms with Crippen LogP contribution in [0.2, 0.25) is 5.02 Å². The van der Waals surface area contributed by atoms with Gasteiger partial charge in [-0.2, -0.15) is 0 Å². The molecule has 1 heterocycles. The van der Waals surface area contributed by atoms with Crippen LogP contribution in [0.25, 0.3) is 0 Å². The van der Waals surface area contributed by atoms with Gasteiger partial charge >= 0.3 is 0 Å². The Labute approximate surface area is 243 Å². The lowest BCUT2D eigenvalue weighted by molar-refractivity contribution is -0.123. The lowest BCUT2D eigenvalue weighted by Gasteiger charge is -2.42. The number of phenolic OH excluding ortho intramolecular Hbond substituents is 1. The zero-order valence-electron chi connectivity index (χ0n) is 21.4. The van der Waals surface area contributed by atoms with Crippen LogP contribution >= 0.6 is 27.5 Å².